The number of hydrogen-bond donors (Lipinski definition) is 0. The van der Waals surface area contributed by atoms with Gasteiger partial charge in [0.05, 0.1) is 19.0 Å². The zero-order valence-corrected chi connectivity index (χ0v) is 11.1. The molecule has 0 radical (unpaired) electrons. The quantitative estimate of drug-likeness (QED) is 0.794. The van der Waals surface area contributed by atoms with Gasteiger partial charge in [-0.05, 0) is 18.4 Å². The van der Waals surface area contributed by atoms with Gasteiger partial charge in [0.15, 0.2) is 0 Å². The van der Waals surface area contributed by atoms with Crippen molar-refractivity contribution in [1.29, 1.82) is 0 Å². The molecule has 3 nitrogen and oxygen atoms in total. The normalized spacial score (nSPS) is 28.3. The van der Waals surface area contributed by atoms with E-state index in [0.717, 1.165) is 5.56 Å². The third-order valence-electron chi connectivity index (χ3n) is 4.06. The summed E-state index contributed by atoms with van der Waals surface area (Å²) >= 11 is 0. The molecular weight excluding hydrogens is 264 g/mol. The Balaban J connectivity index is 1.38. The summed E-state index contributed by atoms with van der Waals surface area (Å²) in [5.41, 5.74) is 0.958. The predicted molar refractivity (Wildman–Crippen MR) is 69.3 cm³/mol. The first kappa shape index (κ1) is 13.5. The highest BCUT2D eigenvalue weighted by molar-refractivity contribution is 5.73. The maximum atomic E-state index is 12.7. The van der Waals surface area contributed by atoms with E-state index in [1.54, 1.807) is 4.90 Å². The van der Waals surface area contributed by atoms with Gasteiger partial charge in [-0.1, -0.05) is 30.3 Å². The van der Waals surface area contributed by atoms with E-state index in [-0.39, 0.29) is 37.6 Å². The number of benzene rings is 1. The number of hydrogen-bond acceptors (Lipinski definition) is 3. The van der Waals surface area contributed by atoms with E-state index in [1.165, 1.54) is 0 Å². The van der Waals surface area contributed by atoms with E-state index >= 15 is 0 Å². The van der Waals surface area contributed by atoms with Crippen LogP contribution in [0, 0.1) is 5.92 Å². The molecule has 3 rings (SSSR count). The fraction of sp³-hybridized carbons (Fsp3) is 0.533. The van der Waals surface area contributed by atoms with Crippen LogP contribution in [0.25, 0.3) is 0 Å². The Morgan fingerprint density at radius 1 is 1.25 bits per heavy atom. The van der Waals surface area contributed by atoms with Crippen molar-refractivity contribution >= 4 is 5.97 Å². The van der Waals surface area contributed by atoms with Gasteiger partial charge in [0.2, 0.25) is 0 Å². The van der Waals surface area contributed by atoms with Gasteiger partial charge in [-0.3, -0.25) is 9.69 Å². The molecule has 1 saturated carbocycles. The third kappa shape index (κ3) is 2.82. The number of alkyl halides is 2. The standard InChI is InChI=1S/C15H17F2NO2/c16-15(17)9-18(10-15)13-6-12(7-13)14(19)20-8-11-4-2-1-3-5-11/h1-5,12-13H,6-10H2. The van der Waals surface area contributed by atoms with Gasteiger partial charge in [0, 0.05) is 6.04 Å². The van der Waals surface area contributed by atoms with Crippen molar-refractivity contribution in [3.8, 4) is 0 Å². The van der Waals surface area contributed by atoms with Gasteiger partial charge in [-0.2, -0.15) is 0 Å². The summed E-state index contributed by atoms with van der Waals surface area (Å²) in [5.74, 6) is -2.87. The molecule has 108 valence electrons. The molecule has 20 heavy (non-hydrogen) atoms. The second-order valence-corrected chi connectivity index (χ2v) is 5.68. The van der Waals surface area contributed by atoms with Gasteiger partial charge in [0.25, 0.3) is 5.92 Å². The largest absolute Gasteiger partial charge is 0.461 e. The first-order chi connectivity index (χ1) is 9.53. The first-order valence-electron chi connectivity index (χ1n) is 6.86. The zero-order chi connectivity index (χ0) is 14.2. The average Bonchev–Trinajstić information content (AvgIpc) is 2.33. The second-order valence-electron chi connectivity index (χ2n) is 5.68. The van der Waals surface area contributed by atoms with E-state index in [9.17, 15) is 13.6 Å². The zero-order valence-electron chi connectivity index (χ0n) is 11.1. The van der Waals surface area contributed by atoms with Gasteiger partial charge in [-0.15, -0.1) is 0 Å². The first-order valence-corrected chi connectivity index (χ1v) is 6.86. The van der Waals surface area contributed by atoms with Crippen LogP contribution < -0.4 is 0 Å². The van der Waals surface area contributed by atoms with Crippen LogP contribution in [0.1, 0.15) is 18.4 Å². The van der Waals surface area contributed by atoms with Crippen molar-refractivity contribution in [2.24, 2.45) is 5.92 Å². The lowest BCUT2D eigenvalue weighted by Gasteiger charge is -2.49. The molecule has 1 aromatic carbocycles. The van der Waals surface area contributed by atoms with Crippen molar-refractivity contribution in [1.82, 2.24) is 4.90 Å². The molecule has 0 aromatic heterocycles. The number of ether oxygens (including phenoxy) is 1. The SMILES string of the molecule is O=C(OCc1ccccc1)C1CC(N2CC(F)(F)C2)C1. The second kappa shape index (κ2) is 5.13. The third-order valence-corrected chi connectivity index (χ3v) is 4.06. The summed E-state index contributed by atoms with van der Waals surface area (Å²) in [5, 5.41) is 0. The Hall–Kier alpha value is -1.49. The lowest BCUT2D eigenvalue weighted by Crippen LogP contribution is -2.63. The van der Waals surface area contributed by atoms with E-state index in [0.29, 0.717) is 12.8 Å². The molecule has 0 N–H and O–H groups in total. The van der Waals surface area contributed by atoms with Gasteiger partial charge < -0.3 is 4.74 Å². The van der Waals surface area contributed by atoms with Crippen molar-refractivity contribution in [2.45, 2.75) is 31.4 Å². The number of likely N-dealkylation sites (tertiary alicyclic amines) is 1. The van der Waals surface area contributed by atoms with Crippen LogP contribution in [0.5, 0.6) is 0 Å². The summed E-state index contributed by atoms with van der Waals surface area (Å²) in [7, 11) is 0. The minimum atomic E-state index is -2.53. The van der Waals surface area contributed by atoms with Gasteiger partial charge >= 0.3 is 5.97 Å². The van der Waals surface area contributed by atoms with E-state index < -0.39 is 5.92 Å². The number of esters is 1. The van der Waals surface area contributed by atoms with Crippen molar-refractivity contribution in [3.63, 3.8) is 0 Å². The van der Waals surface area contributed by atoms with Crippen LogP contribution in [0.15, 0.2) is 30.3 Å². The molecule has 0 spiro atoms. The predicted octanol–water partition coefficient (Wildman–Crippen LogP) is 2.46. The summed E-state index contributed by atoms with van der Waals surface area (Å²) in [4.78, 5) is 13.6. The Kier molecular flexibility index (Phi) is 3.46. The molecule has 2 fully saturated rings. The summed E-state index contributed by atoms with van der Waals surface area (Å²) in [6.45, 7) is -0.0461. The van der Waals surface area contributed by atoms with Crippen molar-refractivity contribution in [3.05, 3.63) is 35.9 Å². The monoisotopic (exact) mass is 281 g/mol. The topological polar surface area (TPSA) is 29.5 Å². The fourth-order valence-electron chi connectivity index (χ4n) is 2.73. The van der Waals surface area contributed by atoms with Crippen LogP contribution in [0.2, 0.25) is 0 Å². The molecule has 0 atom stereocenters. The van der Waals surface area contributed by atoms with Crippen molar-refractivity contribution < 1.29 is 18.3 Å². The van der Waals surface area contributed by atoms with Crippen LogP contribution in [0.4, 0.5) is 8.78 Å². The minimum absolute atomic E-state index is 0.127. The molecular formula is C15H17F2NO2. The van der Waals surface area contributed by atoms with E-state index in [1.807, 2.05) is 30.3 Å². The molecule has 1 aromatic rings. The molecule has 5 heteroatoms. The lowest BCUT2D eigenvalue weighted by atomic mass is 9.78. The lowest BCUT2D eigenvalue weighted by molar-refractivity contribution is -0.174. The molecule has 0 unspecified atom stereocenters. The van der Waals surface area contributed by atoms with Crippen LogP contribution in [-0.2, 0) is 16.1 Å². The number of carbonyl (C=O) groups excluding carboxylic acids is 1. The maximum absolute atomic E-state index is 12.7. The summed E-state index contributed by atoms with van der Waals surface area (Å²) in [6.07, 6.45) is 1.29. The molecule has 1 aliphatic heterocycles. The summed E-state index contributed by atoms with van der Waals surface area (Å²) in [6, 6.07) is 9.63. The van der Waals surface area contributed by atoms with E-state index in [2.05, 4.69) is 0 Å². The molecule has 0 bridgehead atoms. The van der Waals surface area contributed by atoms with Crippen LogP contribution >= 0.6 is 0 Å². The number of carbonyl (C=O) groups is 1. The van der Waals surface area contributed by atoms with Gasteiger partial charge in [-0.25, -0.2) is 8.78 Å². The van der Waals surface area contributed by atoms with E-state index in [4.69, 9.17) is 4.74 Å². The highest BCUT2D eigenvalue weighted by Crippen LogP contribution is 2.39. The highest BCUT2D eigenvalue weighted by atomic mass is 19.3. The van der Waals surface area contributed by atoms with Crippen LogP contribution in [0.3, 0.4) is 0 Å². The Bertz CT molecular complexity index is 478. The molecule has 2 aliphatic rings. The highest BCUT2D eigenvalue weighted by Gasteiger charge is 2.50. The Morgan fingerprint density at radius 2 is 1.90 bits per heavy atom. The number of halogens is 2. The summed E-state index contributed by atoms with van der Waals surface area (Å²) < 4.78 is 30.7. The molecule has 1 aliphatic carbocycles. The number of rotatable bonds is 4. The molecule has 1 saturated heterocycles. The van der Waals surface area contributed by atoms with Gasteiger partial charge in [0.1, 0.15) is 6.61 Å². The van der Waals surface area contributed by atoms with Crippen molar-refractivity contribution in [2.75, 3.05) is 13.1 Å². The maximum Gasteiger partial charge on any atom is 0.309 e. The Labute approximate surface area is 116 Å². The molecule has 1 heterocycles. The van der Waals surface area contributed by atoms with Crippen LogP contribution in [-0.4, -0.2) is 35.9 Å². The molecule has 0 amide bonds. The smallest absolute Gasteiger partial charge is 0.309 e. The minimum Gasteiger partial charge on any atom is -0.461 e. The number of nitrogens with zero attached hydrogens (tertiary/aromatic N) is 1. The fourth-order valence-corrected chi connectivity index (χ4v) is 2.73. The Morgan fingerprint density at radius 3 is 2.50 bits per heavy atom. The average molecular weight is 281 g/mol.